The highest BCUT2D eigenvalue weighted by Gasteiger charge is 2.20. The van der Waals surface area contributed by atoms with Gasteiger partial charge in [0, 0.05) is 11.9 Å². The van der Waals surface area contributed by atoms with Gasteiger partial charge in [-0.1, -0.05) is 6.07 Å². The molecule has 0 saturated carbocycles. The lowest BCUT2D eigenvalue weighted by molar-refractivity contribution is 0.00706. The molecule has 0 radical (unpaired) electrons. The number of anilines is 2. The van der Waals surface area contributed by atoms with E-state index in [-0.39, 0.29) is 5.82 Å². The molecule has 2 aromatic rings. The van der Waals surface area contributed by atoms with Crippen molar-refractivity contribution >= 4 is 17.3 Å². The summed E-state index contributed by atoms with van der Waals surface area (Å²) in [6.45, 7) is 5.39. The smallest absolute Gasteiger partial charge is 0.340 e. The molecule has 1 aromatic heterocycles. The first kappa shape index (κ1) is 15.0. The summed E-state index contributed by atoms with van der Waals surface area (Å²) in [5.74, 6) is -0.813. The number of nitrogens with one attached hydrogen (secondary N) is 1. The Morgan fingerprint density at radius 3 is 2.71 bits per heavy atom. The molecule has 2 rings (SSSR count). The van der Waals surface area contributed by atoms with E-state index in [2.05, 4.69) is 10.3 Å². The summed E-state index contributed by atoms with van der Waals surface area (Å²) in [6.07, 6.45) is 3.01. The predicted octanol–water partition coefficient (Wildman–Crippen LogP) is 3.92. The molecule has 0 aliphatic rings. The van der Waals surface area contributed by atoms with E-state index in [4.69, 9.17) is 4.74 Å². The number of halogens is 1. The van der Waals surface area contributed by atoms with Crippen LogP contribution in [0.4, 0.5) is 15.8 Å². The molecular formula is C16H17FN2O2. The standard InChI is InChI=1S/C16H17FN2O2/c1-16(2,3)21-15(20)13-7-8-18-10-14(13)19-12-6-4-5-11(17)9-12/h4-10,19H,1-3H3. The van der Waals surface area contributed by atoms with Gasteiger partial charge in [-0.2, -0.15) is 0 Å². The van der Waals surface area contributed by atoms with Crippen LogP contribution in [0.5, 0.6) is 0 Å². The van der Waals surface area contributed by atoms with Crippen LogP contribution in [0.15, 0.2) is 42.7 Å². The van der Waals surface area contributed by atoms with E-state index in [1.165, 1.54) is 24.5 Å². The van der Waals surface area contributed by atoms with E-state index in [1.54, 1.807) is 39.0 Å². The number of ether oxygens (including phenoxy) is 1. The Hall–Kier alpha value is -2.43. The van der Waals surface area contributed by atoms with Crippen LogP contribution < -0.4 is 5.32 Å². The SMILES string of the molecule is CC(C)(C)OC(=O)c1ccncc1Nc1cccc(F)c1. The third-order valence-corrected chi connectivity index (χ3v) is 2.54. The molecule has 0 aliphatic carbocycles. The molecule has 5 heteroatoms. The number of benzene rings is 1. The van der Waals surface area contributed by atoms with Gasteiger partial charge in [0.2, 0.25) is 0 Å². The highest BCUT2D eigenvalue weighted by molar-refractivity contribution is 5.96. The summed E-state index contributed by atoms with van der Waals surface area (Å²) < 4.78 is 18.5. The van der Waals surface area contributed by atoms with Crippen molar-refractivity contribution in [3.05, 3.63) is 54.1 Å². The van der Waals surface area contributed by atoms with Gasteiger partial charge in [-0.05, 0) is 45.0 Å². The molecule has 0 amide bonds. The van der Waals surface area contributed by atoms with Crippen molar-refractivity contribution in [2.24, 2.45) is 0 Å². The molecule has 0 aliphatic heterocycles. The molecule has 1 N–H and O–H groups in total. The third kappa shape index (κ3) is 4.27. The normalized spacial score (nSPS) is 11.0. The molecule has 0 fully saturated rings. The Morgan fingerprint density at radius 1 is 1.29 bits per heavy atom. The maximum absolute atomic E-state index is 13.2. The van der Waals surface area contributed by atoms with Gasteiger partial charge in [0.15, 0.2) is 0 Å². The summed E-state index contributed by atoms with van der Waals surface area (Å²) in [7, 11) is 0. The molecular weight excluding hydrogens is 271 g/mol. The third-order valence-electron chi connectivity index (χ3n) is 2.54. The first-order valence-corrected chi connectivity index (χ1v) is 6.55. The van der Waals surface area contributed by atoms with Gasteiger partial charge >= 0.3 is 5.97 Å². The quantitative estimate of drug-likeness (QED) is 0.870. The summed E-state index contributed by atoms with van der Waals surface area (Å²) in [4.78, 5) is 16.2. The number of aromatic nitrogens is 1. The average Bonchev–Trinajstić information content (AvgIpc) is 2.37. The van der Waals surface area contributed by atoms with Crippen LogP contribution in [-0.4, -0.2) is 16.6 Å². The van der Waals surface area contributed by atoms with E-state index in [0.717, 1.165) is 0 Å². The minimum Gasteiger partial charge on any atom is -0.456 e. The van der Waals surface area contributed by atoms with Crippen LogP contribution in [0.3, 0.4) is 0 Å². The Kier molecular flexibility index (Phi) is 4.21. The number of carbonyl (C=O) groups is 1. The minimum absolute atomic E-state index is 0.351. The van der Waals surface area contributed by atoms with Crippen molar-refractivity contribution in [2.75, 3.05) is 5.32 Å². The van der Waals surface area contributed by atoms with Gasteiger partial charge in [-0.3, -0.25) is 4.98 Å². The number of carbonyl (C=O) groups excluding carboxylic acids is 1. The number of rotatable bonds is 3. The van der Waals surface area contributed by atoms with Gasteiger partial charge in [-0.25, -0.2) is 9.18 Å². The molecule has 0 atom stereocenters. The van der Waals surface area contributed by atoms with Gasteiger partial charge < -0.3 is 10.1 Å². The van der Waals surface area contributed by atoms with E-state index in [0.29, 0.717) is 16.9 Å². The maximum atomic E-state index is 13.2. The highest BCUT2D eigenvalue weighted by atomic mass is 19.1. The lowest BCUT2D eigenvalue weighted by Crippen LogP contribution is -2.24. The Bertz CT molecular complexity index is 651. The van der Waals surface area contributed by atoms with Crippen molar-refractivity contribution in [3.63, 3.8) is 0 Å². The second-order valence-electron chi connectivity index (χ2n) is 5.56. The molecule has 21 heavy (non-hydrogen) atoms. The summed E-state index contributed by atoms with van der Waals surface area (Å²) in [5.41, 5.74) is 0.769. The number of esters is 1. The van der Waals surface area contributed by atoms with Crippen LogP contribution in [-0.2, 0) is 4.74 Å². The summed E-state index contributed by atoms with van der Waals surface area (Å²) >= 11 is 0. The van der Waals surface area contributed by atoms with E-state index in [9.17, 15) is 9.18 Å². The minimum atomic E-state index is -0.587. The molecule has 1 aromatic carbocycles. The van der Waals surface area contributed by atoms with Crippen molar-refractivity contribution < 1.29 is 13.9 Å². The van der Waals surface area contributed by atoms with E-state index in [1.807, 2.05) is 0 Å². The average molecular weight is 288 g/mol. The van der Waals surface area contributed by atoms with Crippen LogP contribution in [0.2, 0.25) is 0 Å². The molecule has 110 valence electrons. The largest absolute Gasteiger partial charge is 0.456 e. The summed E-state index contributed by atoms with van der Waals surface area (Å²) in [5, 5.41) is 2.98. The maximum Gasteiger partial charge on any atom is 0.340 e. The number of hydrogen-bond donors (Lipinski definition) is 1. The van der Waals surface area contributed by atoms with Crippen LogP contribution in [0, 0.1) is 5.82 Å². The molecule has 0 saturated heterocycles. The van der Waals surface area contributed by atoms with Crippen molar-refractivity contribution in [3.8, 4) is 0 Å². The fraction of sp³-hybridized carbons (Fsp3) is 0.250. The topological polar surface area (TPSA) is 51.2 Å². The number of pyridine rings is 1. The molecule has 0 bridgehead atoms. The molecule has 4 nitrogen and oxygen atoms in total. The van der Waals surface area contributed by atoms with Crippen molar-refractivity contribution in [1.29, 1.82) is 0 Å². The first-order chi connectivity index (χ1) is 9.85. The fourth-order valence-corrected chi connectivity index (χ4v) is 1.73. The molecule has 1 heterocycles. The lowest BCUT2D eigenvalue weighted by atomic mass is 10.1. The second kappa shape index (κ2) is 5.91. The zero-order chi connectivity index (χ0) is 15.5. The Labute approximate surface area is 123 Å². The fourth-order valence-electron chi connectivity index (χ4n) is 1.73. The molecule has 0 spiro atoms. The predicted molar refractivity (Wildman–Crippen MR) is 79.1 cm³/mol. The summed E-state index contributed by atoms with van der Waals surface area (Å²) in [6, 6.07) is 7.54. The van der Waals surface area contributed by atoms with Crippen LogP contribution >= 0.6 is 0 Å². The molecule has 0 unspecified atom stereocenters. The van der Waals surface area contributed by atoms with E-state index >= 15 is 0 Å². The Balaban J connectivity index is 2.27. The van der Waals surface area contributed by atoms with Crippen molar-refractivity contribution in [2.45, 2.75) is 26.4 Å². The zero-order valence-corrected chi connectivity index (χ0v) is 12.2. The van der Waals surface area contributed by atoms with Gasteiger partial charge in [0.25, 0.3) is 0 Å². The van der Waals surface area contributed by atoms with E-state index < -0.39 is 11.6 Å². The van der Waals surface area contributed by atoms with Gasteiger partial charge in [0.05, 0.1) is 17.4 Å². The number of hydrogen-bond acceptors (Lipinski definition) is 4. The van der Waals surface area contributed by atoms with Crippen molar-refractivity contribution in [1.82, 2.24) is 4.98 Å². The second-order valence-corrected chi connectivity index (χ2v) is 5.56. The Morgan fingerprint density at radius 2 is 2.05 bits per heavy atom. The number of nitrogens with zero attached hydrogens (tertiary/aromatic N) is 1. The van der Waals surface area contributed by atoms with Gasteiger partial charge in [0.1, 0.15) is 11.4 Å². The van der Waals surface area contributed by atoms with Gasteiger partial charge in [-0.15, -0.1) is 0 Å². The monoisotopic (exact) mass is 288 g/mol. The highest BCUT2D eigenvalue weighted by Crippen LogP contribution is 2.22. The zero-order valence-electron chi connectivity index (χ0n) is 12.2. The lowest BCUT2D eigenvalue weighted by Gasteiger charge is -2.20. The first-order valence-electron chi connectivity index (χ1n) is 6.55. The van der Waals surface area contributed by atoms with Crippen LogP contribution in [0.25, 0.3) is 0 Å². The van der Waals surface area contributed by atoms with Crippen LogP contribution in [0.1, 0.15) is 31.1 Å².